The molecule has 10 heteroatoms. The summed E-state index contributed by atoms with van der Waals surface area (Å²) < 4.78 is 26.7. The van der Waals surface area contributed by atoms with Gasteiger partial charge in [-0.1, -0.05) is 12.2 Å². The minimum Gasteiger partial charge on any atom is -0.491 e. The maximum absolute atomic E-state index is 11.9. The lowest BCUT2D eigenvalue weighted by molar-refractivity contribution is 0.0141. The number of nitrogens with one attached hydrogen (secondary N) is 2. The van der Waals surface area contributed by atoms with Gasteiger partial charge in [0.1, 0.15) is 5.69 Å². The molecule has 2 N–H and O–H groups in total. The Morgan fingerprint density at radius 3 is 2.06 bits per heavy atom. The normalized spacial score (nSPS) is 20.9. The Labute approximate surface area is 212 Å². The first kappa shape index (κ1) is 28.1. The van der Waals surface area contributed by atoms with Crippen LogP contribution in [0.25, 0.3) is 0 Å². The first-order valence-corrected chi connectivity index (χ1v) is 13.0. The van der Waals surface area contributed by atoms with Crippen molar-refractivity contribution in [2.45, 2.75) is 38.5 Å². The topological polar surface area (TPSA) is 121 Å². The summed E-state index contributed by atoms with van der Waals surface area (Å²) in [6, 6.07) is 0. The van der Waals surface area contributed by atoms with Crippen molar-refractivity contribution in [1.82, 2.24) is 5.32 Å². The van der Waals surface area contributed by atoms with Crippen LogP contribution in [0.4, 0.5) is 10.5 Å². The van der Waals surface area contributed by atoms with E-state index in [1.807, 2.05) is 0 Å². The van der Waals surface area contributed by atoms with Gasteiger partial charge in [0, 0.05) is 26.3 Å². The summed E-state index contributed by atoms with van der Waals surface area (Å²) in [5.74, 6) is 2.10. The molecule has 202 valence electrons. The molecule has 3 rings (SSSR count). The number of carbonyl (C=O) groups is 1. The molecule has 0 bridgehead atoms. The zero-order valence-corrected chi connectivity index (χ0v) is 21.3. The average molecular weight is 509 g/mol. The zero-order valence-electron chi connectivity index (χ0n) is 21.3. The summed E-state index contributed by atoms with van der Waals surface area (Å²) in [5, 5.41) is 5.68. The first-order chi connectivity index (χ1) is 17.6. The van der Waals surface area contributed by atoms with Gasteiger partial charge >= 0.3 is 6.09 Å². The summed E-state index contributed by atoms with van der Waals surface area (Å²) in [7, 11) is 1.37. The second kappa shape index (κ2) is 15.6. The molecule has 2 unspecified atom stereocenters. The van der Waals surface area contributed by atoms with Crippen LogP contribution in [0.5, 0.6) is 5.75 Å². The Morgan fingerprint density at radius 1 is 0.861 bits per heavy atom. The number of hydrogen-bond acceptors (Lipinski definition) is 9. The van der Waals surface area contributed by atoms with Crippen LogP contribution in [0.1, 0.15) is 38.5 Å². The SMILES string of the molecule is COc1c(NCCCOCCOCCOCCCNC(=O)OCC2C3CCC=CCCC32)c(=O)c1=O. The second-order valence-electron chi connectivity index (χ2n) is 9.18. The number of methoxy groups -OCH3 is 1. The molecule has 2 atom stereocenters. The Kier molecular flexibility index (Phi) is 12.2. The molecule has 2 aliphatic carbocycles. The van der Waals surface area contributed by atoms with E-state index in [-0.39, 0.29) is 17.5 Å². The summed E-state index contributed by atoms with van der Waals surface area (Å²) in [5.41, 5.74) is -0.873. The molecule has 0 heterocycles. The molecule has 0 aromatic heterocycles. The van der Waals surface area contributed by atoms with Crippen molar-refractivity contribution < 1.29 is 28.5 Å². The molecule has 0 saturated heterocycles. The van der Waals surface area contributed by atoms with E-state index in [0.29, 0.717) is 71.7 Å². The monoisotopic (exact) mass is 508 g/mol. The van der Waals surface area contributed by atoms with Gasteiger partial charge in [0.2, 0.25) is 0 Å². The van der Waals surface area contributed by atoms with Crippen molar-refractivity contribution in [3.63, 3.8) is 0 Å². The number of alkyl carbamates (subject to hydrolysis) is 1. The van der Waals surface area contributed by atoms with E-state index in [2.05, 4.69) is 22.8 Å². The number of allylic oxidation sites excluding steroid dienone is 2. The van der Waals surface area contributed by atoms with Gasteiger partial charge in [-0.3, -0.25) is 9.59 Å². The van der Waals surface area contributed by atoms with Crippen molar-refractivity contribution in [2.24, 2.45) is 17.8 Å². The molecular formula is C26H40N2O8. The fourth-order valence-corrected chi connectivity index (χ4v) is 4.68. The van der Waals surface area contributed by atoms with Gasteiger partial charge in [-0.25, -0.2) is 4.79 Å². The molecule has 0 spiro atoms. The average Bonchev–Trinajstić information content (AvgIpc) is 3.52. The first-order valence-electron chi connectivity index (χ1n) is 13.0. The van der Waals surface area contributed by atoms with Crippen LogP contribution in [0.2, 0.25) is 0 Å². The van der Waals surface area contributed by atoms with E-state index < -0.39 is 10.9 Å². The number of carbonyl (C=O) groups excluding carboxylic acids is 1. The van der Waals surface area contributed by atoms with E-state index in [4.69, 9.17) is 23.7 Å². The van der Waals surface area contributed by atoms with Gasteiger partial charge in [0.05, 0.1) is 40.1 Å². The van der Waals surface area contributed by atoms with Gasteiger partial charge in [0.25, 0.3) is 10.9 Å². The summed E-state index contributed by atoms with van der Waals surface area (Å²) in [4.78, 5) is 34.5. The second-order valence-corrected chi connectivity index (χ2v) is 9.18. The van der Waals surface area contributed by atoms with Crippen LogP contribution in [-0.4, -0.2) is 72.5 Å². The van der Waals surface area contributed by atoms with E-state index in [9.17, 15) is 14.4 Å². The van der Waals surface area contributed by atoms with Gasteiger partial charge < -0.3 is 34.3 Å². The molecule has 0 aliphatic heterocycles. The number of fused-ring (bicyclic) bond motifs is 1. The molecule has 0 radical (unpaired) electrons. The van der Waals surface area contributed by atoms with Crippen LogP contribution in [-0.2, 0) is 18.9 Å². The highest BCUT2D eigenvalue weighted by Crippen LogP contribution is 2.52. The highest BCUT2D eigenvalue weighted by molar-refractivity contribution is 5.67. The smallest absolute Gasteiger partial charge is 0.407 e. The van der Waals surface area contributed by atoms with Gasteiger partial charge in [-0.05, 0) is 56.3 Å². The van der Waals surface area contributed by atoms with Crippen molar-refractivity contribution >= 4 is 11.8 Å². The molecule has 36 heavy (non-hydrogen) atoms. The maximum Gasteiger partial charge on any atom is 0.407 e. The molecule has 1 amide bonds. The zero-order chi connectivity index (χ0) is 25.6. The minimum atomic E-state index is -0.585. The Morgan fingerprint density at radius 2 is 1.44 bits per heavy atom. The Bertz CT molecular complexity index is 879. The highest BCUT2D eigenvalue weighted by Gasteiger charge is 2.49. The van der Waals surface area contributed by atoms with Crippen molar-refractivity contribution in [1.29, 1.82) is 0 Å². The van der Waals surface area contributed by atoms with Gasteiger partial charge in [0.15, 0.2) is 5.75 Å². The van der Waals surface area contributed by atoms with Crippen LogP contribution in [0, 0.1) is 17.8 Å². The van der Waals surface area contributed by atoms with Crippen LogP contribution in [0.3, 0.4) is 0 Å². The van der Waals surface area contributed by atoms with Crippen LogP contribution in [0.15, 0.2) is 21.7 Å². The molecule has 1 saturated carbocycles. The largest absolute Gasteiger partial charge is 0.491 e. The number of anilines is 1. The lowest BCUT2D eigenvalue weighted by atomic mass is 10.1. The molecule has 10 nitrogen and oxygen atoms in total. The maximum atomic E-state index is 11.9. The third kappa shape index (κ3) is 8.90. The predicted octanol–water partition coefficient (Wildman–Crippen LogP) is 2.25. The van der Waals surface area contributed by atoms with Crippen molar-refractivity contribution in [2.75, 3.05) is 71.8 Å². The molecular weight excluding hydrogens is 468 g/mol. The summed E-state index contributed by atoms with van der Waals surface area (Å²) >= 11 is 0. The molecule has 1 fully saturated rings. The minimum absolute atomic E-state index is 0.0973. The molecule has 1 aromatic carbocycles. The van der Waals surface area contributed by atoms with E-state index in [1.54, 1.807) is 0 Å². The van der Waals surface area contributed by atoms with Crippen molar-refractivity contribution in [3.05, 3.63) is 32.6 Å². The van der Waals surface area contributed by atoms with Gasteiger partial charge in [-0.15, -0.1) is 0 Å². The Hall–Kier alpha value is -2.43. The lowest BCUT2D eigenvalue weighted by Crippen LogP contribution is -2.35. The molecule has 2 aliphatic rings. The number of amides is 1. The van der Waals surface area contributed by atoms with Crippen LogP contribution < -0.4 is 26.2 Å². The quantitative estimate of drug-likeness (QED) is 0.175. The van der Waals surface area contributed by atoms with Crippen molar-refractivity contribution in [3.8, 4) is 5.75 Å². The van der Waals surface area contributed by atoms with E-state index in [1.165, 1.54) is 20.0 Å². The predicted molar refractivity (Wildman–Crippen MR) is 136 cm³/mol. The van der Waals surface area contributed by atoms with Crippen LogP contribution >= 0.6 is 0 Å². The van der Waals surface area contributed by atoms with E-state index >= 15 is 0 Å². The number of ether oxygens (including phenoxy) is 5. The summed E-state index contributed by atoms with van der Waals surface area (Å²) in [6.45, 7) is 4.53. The Balaban J connectivity index is 1.03. The standard InChI is InChI=1S/C26H40N2O8/c1-32-25-22(23(29)24(25)30)27-10-6-12-33-14-16-35-17-15-34-13-7-11-28-26(31)36-18-21-19-8-4-2-3-5-9-20(19)21/h2-3,19-21,27H,4-18H2,1H3,(H,28,31). The fourth-order valence-electron chi connectivity index (χ4n) is 4.68. The number of rotatable bonds is 18. The molecule has 1 aromatic rings. The lowest BCUT2D eigenvalue weighted by Gasteiger charge is -2.11. The third-order valence-corrected chi connectivity index (χ3v) is 6.73. The number of hydrogen-bond donors (Lipinski definition) is 2. The van der Waals surface area contributed by atoms with Gasteiger partial charge in [-0.2, -0.15) is 0 Å². The van der Waals surface area contributed by atoms with E-state index in [0.717, 1.165) is 31.1 Å². The third-order valence-electron chi connectivity index (χ3n) is 6.73. The highest BCUT2D eigenvalue weighted by atomic mass is 16.6. The fraction of sp³-hybridized carbons (Fsp3) is 0.731. The summed E-state index contributed by atoms with van der Waals surface area (Å²) in [6.07, 6.45) is 10.3.